The predicted octanol–water partition coefficient (Wildman–Crippen LogP) is 4.70. The highest BCUT2D eigenvalue weighted by atomic mass is 127. The van der Waals surface area contributed by atoms with Gasteiger partial charge in [-0.25, -0.2) is 13.2 Å². The van der Waals surface area contributed by atoms with Crippen molar-refractivity contribution in [3.8, 4) is 0 Å². The highest BCUT2D eigenvalue weighted by Crippen LogP contribution is 2.40. The van der Waals surface area contributed by atoms with Gasteiger partial charge in [0.05, 0.1) is 11.4 Å². The van der Waals surface area contributed by atoms with Gasteiger partial charge in [0.15, 0.2) is 11.6 Å². The Bertz CT molecular complexity index is 745. The van der Waals surface area contributed by atoms with Gasteiger partial charge in [-0.3, -0.25) is 0 Å². The van der Waals surface area contributed by atoms with Crippen LogP contribution in [-0.4, -0.2) is 13.3 Å². The number of halogens is 4. The zero-order valence-corrected chi connectivity index (χ0v) is 14.3. The zero-order chi connectivity index (χ0) is 15.8. The molecule has 0 unspecified atom stereocenters. The first-order chi connectivity index (χ1) is 9.70. The molecule has 0 aromatic heterocycles. The third kappa shape index (κ3) is 3.61. The predicted molar refractivity (Wildman–Crippen MR) is 87.8 cm³/mol. The minimum Gasteiger partial charge on any atom is -0.350 e. The molecular weight excluding hydrogens is 413 g/mol. The largest absolute Gasteiger partial charge is 0.350 e. The molecule has 2 nitrogen and oxygen atoms in total. The maximum atomic E-state index is 14.0. The highest BCUT2D eigenvalue weighted by molar-refractivity contribution is 14.1. The summed E-state index contributed by atoms with van der Waals surface area (Å²) < 4.78 is 54.1. The monoisotopic (exact) mass is 425 g/mol. The molecule has 0 atom stereocenters. The molecular formula is C14H12F3INOP. The summed E-state index contributed by atoms with van der Waals surface area (Å²) in [5.41, 5.74) is -0.293. The van der Waals surface area contributed by atoms with E-state index in [1.807, 2.05) is 22.6 Å². The molecule has 0 aliphatic carbocycles. The molecule has 7 heteroatoms. The summed E-state index contributed by atoms with van der Waals surface area (Å²) in [6.07, 6.45) is 0. The fourth-order valence-electron chi connectivity index (χ4n) is 1.83. The van der Waals surface area contributed by atoms with Crippen LogP contribution in [0.15, 0.2) is 30.3 Å². The molecule has 0 radical (unpaired) electrons. The van der Waals surface area contributed by atoms with Crippen molar-refractivity contribution in [2.24, 2.45) is 0 Å². The lowest BCUT2D eigenvalue weighted by atomic mass is 10.2. The SMILES string of the molecule is CP(C)(=O)c1ccc(F)c(F)c1Nc1ccc(I)cc1F. The molecule has 0 amide bonds. The van der Waals surface area contributed by atoms with E-state index in [1.54, 1.807) is 6.07 Å². The minimum absolute atomic E-state index is 0.00499. The van der Waals surface area contributed by atoms with Crippen molar-refractivity contribution < 1.29 is 17.7 Å². The van der Waals surface area contributed by atoms with Crippen molar-refractivity contribution in [3.05, 3.63) is 51.4 Å². The summed E-state index contributed by atoms with van der Waals surface area (Å²) in [4.78, 5) is 0. The van der Waals surface area contributed by atoms with Gasteiger partial charge in [0.2, 0.25) is 0 Å². The second kappa shape index (κ2) is 6.01. The van der Waals surface area contributed by atoms with Crippen molar-refractivity contribution in [1.29, 1.82) is 0 Å². The summed E-state index contributed by atoms with van der Waals surface area (Å²) in [5.74, 6) is -2.85. The van der Waals surface area contributed by atoms with Crippen LogP contribution in [0.2, 0.25) is 0 Å². The zero-order valence-electron chi connectivity index (χ0n) is 11.3. The van der Waals surface area contributed by atoms with Gasteiger partial charge in [0.25, 0.3) is 0 Å². The van der Waals surface area contributed by atoms with Crippen LogP contribution in [0, 0.1) is 21.0 Å². The van der Waals surface area contributed by atoms with E-state index in [1.165, 1.54) is 31.5 Å². The van der Waals surface area contributed by atoms with Crippen LogP contribution < -0.4 is 10.6 Å². The Morgan fingerprint density at radius 3 is 2.29 bits per heavy atom. The number of hydrogen-bond donors (Lipinski definition) is 1. The number of rotatable bonds is 3. The first-order valence-electron chi connectivity index (χ1n) is 5.96. The molecule has 0 heterocycles. The quantitative estimate of drug-likeness (QED) is 0.571. The number of anilines is 2. The molecule has 0 aliphatic rings. The average molecular weight is 425 g/mol. The van der Waals surface area contributed by atoms with Crippen LogP contribution in [0.5, 0.6) is 0 Å². The van der Waals surface area contributed by atoms with Gasteiger partial charge in [0, 0.05) is 8.87 Å². The molecule has 2 aromatic rings. The van der Waals surface area contributed by atoms with E-state index in [9.17, 15) is 17.7 Å². The standard InChI is InChI=1S/C14H12F3INOP/c1-21(2,20)12-6-4-9(15)13(17)14(12)19-11-5-3-8(18)7-10(11)16/h3-7,19H,1-2H3. The van der Waals surface area contributed by atoms with Crippen LogP contribution in [-0.2, 0) is 4.57 Å². The topological polar surface area (TPSA) is 29.1 Å². The van der Waals surface area contributed by atoms with Crippen molar-refractivity contribution in [2.45, 2.75) is 0 Å². The second-order valence-electron chi connectivity index (χ2n) is 4.86. The van der Waals surface area contributed by atoms with Gasteiger partial charge in [-0.15, -0.1) is 0 Å². The van der Waals surface area contributed by atoms with Crippen LogP contribution in [0.1, 0.15) is 0 Å². The Morgan fingerprint density at radius 2 is 1.71 bits per heavy atom. The van der Waals surface area contributed by atoms with Gasteiger partial charge in [-0.1, -0.05) is 0 Å². The van der Waals surface area contributed by atoms with Gasteiger partial charge in [-0.05, 0) is 66.3 Å². The molecule has 0 fully saturated rings. The lowest BCUT2D eigenvalue weighted by molar-refractivity contribution is 0.512. The van der Waals surface area contributed by atoms with Crippen LogP contribution in [0.25, 0.3) is 0 Å². The van der Waals surface area contributed by atoms with Crippen molar-refractivity contribution >= 4 is 46.4 Å². The lowest BCUT2D eigenvalue weighted by Crippen LogP contribution is -2.14. The Labute approximate surface area is 134 Å². The molecule has 21 heavy (non-hydrogen) atoms. The van der Waals surface area contributed by atoms with Crippen molar-refractivity contribution in [3.63, 3.8) is 0 Å². The van der Waals surface area contributed by atoms with E-state index < -0.39 is 24.6 Å². The van der Waals surface area contributed by atoms with E-state index >= 15 is 0 Å². The van der Waals surface area contributed by atoms with Gasteiger partial charge in [0.1, 0.15) is 13.0 Å². The normalized spacial score (nSPS) is 11.5. The molecule has 2 rings (SSSR count). The minimum atomic E-state index is -2.86. The molecule has 112 valence electrons. The van der Waals surface area contributed by atoms with Crippen molar-refractivity contribution in [1.82, 2.24) is 0 Å². The molecule has 0 saturated heterocycles. The smallest absolute Gasteiger partial charge is 0.182 e. The summed E-state index contributed by atoms with van der Waals surface area (Å²) >= 11 is 1.94. The summed E-state index contributed by atoms with van der Waals surface area (Å²) in [7, 11) is -2.86. The van der Waals surface area contributed by atoms with E-state index in [4.69, 9.17) is 0 Å². The Morgan fingerprint density at radius 1 is 1.05 bits per heavy atom. The van der Waals surface area contributed by atoms with Crippen molar-refractivity contribution in [2.75, 3.05) is 18.6 Å². The number of nitrogens with one attached hydrogen (secondary N) is 1. The molecule has 0 saturated carbocycles. The van der Waals surface area contributed by atoms with Crippen LogP contribution in [0.3, 0.4) is 0 Å². The van der Waals surface area contributed by atoms with Crippen LogP contribution >= 0.6 is 29.7 Å². The molecule has 1 N–H and O–H groups in total. The summed E-state index contributed by atoms with van der Waals surface area (Å²) in [5, 5.41) is 2.66. The first kappa shape index (κ1) is 16.4. The lowest BCUT2D eigenvalue weighted by Gasteiger charge is -2.17. The second-order valence-corrected chi connectivity index (χ2v) is 9.28. The third-order valence-corrected chi connectivity index (χ3v) is 5.05. The van der Waals surface area contributed by atoms with Gasteiger partial charge in [-0.2, -0.15) is 0 Å². The fraction of sp³-hybridized carbons (Fsp3) is 0.143. The number of hydrogen-bond acceptors (Lipinski definition) is 2. The molecule has 0 spiro atoms. The molecule has 0 bridgehead atoms. The fourth-order valence-corrected chi connectivity index (χ4v) is 3.41. The maximum absolute atomic E-state index is 14.0. The van der Waals surface area contributed by atoms with Gasteiger partial charge >= 0.3 is 0 Å². The van der Waals surface area contributed by atoms with Crippen LogP contribution in [0.4, 0.5) is 24.5 Å². The summed E-state index contributed by atoms with van der Waals surface area (Å²) in [6, 6.07) is 6.48. The first-order valence-corrected chi connectivity index (χ1v) is 9.64. The van der Waals surface area contributed by atoms with E-state index in [0.717, 1.165) is 6.07 Å². The average Bonchev–Trinajstić information content (AvgIpc) is 2.36. The molecule has 0 aliphatic heterocycles. The van der Waals surface area contributed by atoms with E-state index in [0.29, 0.717) is 3.57 Å². The van der Waals surface area contributed by atoms with Gasteiger partial charge < -0.3 is 9.88 Å². The highest BCUT2D eigenvalue weighted by Gasteiger charge is 2.22. The van der Waals surface area contributed by atoms with E-state index in [-0.39, 0.29) is 16.7 Å². The number of benzene rings is 2. The maximum Gasteiger partial charge on any atom is 0.182 e. The Kier molecular flexibility index (Phi) is 4.68. The molecule has 2 aromatic carbocycles. The third-order valence-electron chi connectivity index (χ3n) is 2.84. The van der Waals surface area contributed by atoms with E-state index in [2.05, 4.69) is 5.32 Å². The Balaban J connectivity index is 2.57. The Hall–Kier alpha value is -1.01. The summed E-state index contributed by atoms with van der Waals surface area (Å²) in [6.45, 7) is 2.88.